The number of carbonyl (C=O) groups is 1. The first kappa shape index (κ1) is 16.1. The van der Waals surface area contributed by atoms with Gasteiger partial charge >= 0.3 is 6.09 Å². The smallest absolute Gasteiger partial charge is 0.411 e. The van der Waals surface area contributed by atoms with Gasteiger partial charge in [0.1, 0.15) is 28.6 Å². The summed E-state index contributed by atoms with van der Waals surface area (Å²) in [5.41, 5.74) is 1.49. The van der Waals surface area contributed by atoms with Crippen molar-refractivity contribution in [2.24, 2.45) is 0 Å². The molecular weight excluding hydrogens is 328 g/mol. The van der Waals surface area contributed by atoms with Crippen molar-refractivity contribution in [3.63, 3.8) is 0 Å². The zero-order chi connectivity index (χ0) is 16.9. The Balaban J connectivity index is 1.66. The SMILES string of the molecule is COC(=O)Nc1ccc(OCc2nc3c(OC)cccc3s2)cc1. The lowest BCUT2D eigenvalue weighted by Gasteiger charge is -2.06. The minimum absolute atomic E-state index is 0.367. The van der Waals surface area contributed by atoms with Crippen LogP contribution in [0.25, 0.3) is 10.2 Å². The van der Waals surface area contributed by atoms with Crippen molar-refractivity contribution in [3.05, 3.63) is 47.5 Å². The summed E-state index contributed by atoms with van der Waals surface area (Å²) in [6.07, 6.45) is -0.507. The van der Waals surface area contributed by atoms with Gasteiger partial charge in [-0.3, -0.25) is 5.32 Å². The third-order valence-electron chi connectivity index (χ3n) is 3.29. The number of amides is 1. The van der Waals surface area contributed by atoms with E-state index in [0.717, 1.165) is 21.0 Å². The molecule has 3 rings (SSSR count). The van der Waals surface area contributed by atoms with E-state index >= 15 is 0 Å². The monoisotopic (exact) mass is 344 g/mol. The molecule has 1 heterocycles. The van der Waals surface area contributed by atoms with Gasteiger partial charge in [0.05, 0.1) is 18.9 Å². The van der Waals surface area contributed by atoms with Crippen LogP contribution in [0.1, 0.15) is 5.01 Å². The Morgan fingerprint density at radius 2 is 1.96 bits per heavy atom. The highest BCUT2D eigenvalue weighted by molar-refractivity contribution is 7.18. The number of benzene rings is 2. The lowest BCUT2D eigenvalue weighted by molar-refractivity contribution is 0.187. The Morgan fingerprint density at radius 1 is 1.17 bits per heavy atom. The highest BCUT2D eigenvalue weighted by Crippen LogP contribution is 2.30. The van der Waals surface area contributed by atoms with Crippen molar-refractivity contribution in [3.8, 4) is 11.5 Å². The standard InChI is InChI=1S/C17H16N2O4S/c1-21-13-4-3-5-14-16(13)19-15(24-14)10-23-12-8-6-11(7-9-12)18-17(20)22-2/h3-9H,10H2,1-2H3,(H,18,20). The number of rotatable bonds is 5. The molecule has 0 bridgehead atoms. The number of para-hydroxylation sites is 1. The molecule has 0 aliphatic carbocycles. The lowest BCUT2D eigenvalue weighted by atomic mass is 10.3. The van der Waals surface area contributed by atoms with Crippen LogP contribution in [0.5, 0.6) is 11.5 Å². The van der Waals surface area contributed by atoms with E-state index in [4.69, 9.17) is 9.47 Å². The van der Waals surface area contributed by atoms with E-state index < -0.39 is 6.09 Å². The number of aromatic nitrogens is 1. The normalized spacial score (nSPS) is 10.4. The third-order valence-corrected chi connectivity index (χ3v) is 4.29. The maximum atomic E-state index is 11.1. The molecule has 0 fully saturated rings. The van der Waals surface area contributed by atoms with Gasteiger partial charge in [0.25, 0.3) is 0 Å². The molecule has 0 unspecified atom stereocenters. The number of thiazole rings is 1. The summed E-state index contributed by atoms with van der Waals surface area (Å²) in [4.78, 5) is 15.7. The predicted octanol–water partition coefficient (Wildman–Crippen LogP) is 4.06. The first-order chi connectivity index (χ1) is 11.7. The van der Waals surface area contributed by atoms with E-state index in [-0.39, 0.29) is 0 Å². The van der Waals surface area contributed by atoms with Gasteiger partial charge in [0, 0.05) is 5.69 Å². The van der Waals surface area contributed by atoms with E-state index in [9.17, 15) is 4.79 Å². The second-order valence-corrected chi connectivity index (χ2v) is 5.96. The van der Waals surface area contributed by atoms with E-state index in [2.05, 4.69) is 15.0 Å². The van der Waals surface area contributed by atoms with Gasteiger partial charge in [-0.1, -0.05) is 6.07 Å². The van der Waals surface area contributed by atoms with Gasteiger partial charge in [-0.25, -0.2) is 9.78 Å². The van der Waals surface area contributed by atoms with Crippen LogP contribution in [0.3, 0.4) is 0 Å². The van der Waals surface area contributed by atoms with Crippen molar-refractivity contribution in [2.75, 3.05) is 19.5 Å². The third kappa shape index (κ3) is 3.57. The van der Waals surface area contributed by atoms with Gasteiger partial charge in [0.15, 0.2) is 0 Å². The summed E-state index contributed by atoms with van der Waals surface area (Å²) in [5, 5.41) is 3.45. The quantitative estimate of drug-likeness (QED) is 0.756. The zero-order valence-electron chi connectivity index (χ0n) is 13.2. The van der Waals surface area contributed by atoms with E-state index in [1.54, 1.807) is 42.7 Å². The molecule has 0 aliphatic rings. The van der Waals surface area contributed by atoms with Crippen molar-refractivity contribution in [2.45, 2.75) is 6.61 Å². The predicted molar refractivity (Wildman–Crippen MR) is 93.0 cm³/mol. The van der Waals surface area contributed by atoms with Crippen LogP contribution >= 0.6 is 11.3 Å². The van der Waals surface area contributed by atoms with Crippen LogP contribution in [-0.4, -0.2) is 25.3 Å². The number of anilines is 1. The van der Waals surface area contributed by atoms with E-state index in [1.165, 1.54) is 7.11 Å². The number of nitrogens with one attached hydrogen (secondary N) is 1. The van der Waals surface area contributed by atoms with E-state index in [0.29, 0.717) is 18.0 Å². The highest BCUT2D eigenvalue weighted by Gasteiger charge is 2.09. The Bertz CT molecular complexity index is 845. The second-order valence-electron chi connectivity index (χ2n) is 4.84. The number of methoxy groups -OCH3 is 2. The molecule has 1 amide bonds. The molecule has 2 aromatic carbocycles. The molecule has 6 nitrogen and oxygen atoms in total. The molecular formula is C17H16N2O4S. The Labute approximate surface area is 143 Å². The molecule has 0 atom stereocenters. The molecule has 0 saturated carbocycles. The minimum atomic E-state index is -0.507. The van der Waals surface area contributed by atoms with Crippen LogP contribution in [0.2, 0.25) is 0 Å². The fourth-order valence-corrected chi connectivity index (χ4v) is 3.04. The van der Waals surface area contributed by atoms with Crippen LogP contribution in [0.4, 0.5) is 10.5 Å². The van der Waals surface area contributed by atoms with Crippen molar-refractivity contribution in [1.82, 2.24) is 4.98 Å². The first-order valence-corrected chi connectivity index (χ1v) is 8.01. The summed E-state index contributed by atoms with van der Waals surface area (Å²) in [6.45, 7) is 0.367. The molecule has 0 radical (unpaired) electrons. The average molecular weight is 344 g/mol. The number of hydrogen-bond donors (Lipinski definition) is 1. The largest absolute Gasteiger partial charge is 0.494 e. The van der Waals surface area contributed by atoms with Crippen LogP contribution in [0, 0.1) is 0 Å². The summed E-state index contributed by atoms with van der Waals surface area (Å²) in [7, 11) is 2.95. The zero-order valence-corrected chi connectivity index (χ0v) is 14.1. The van der Waals surface area contributed by atoms with Crippen LogP contribution < -0.4 is 14.8 Å². The number of ether oxygens (including phenoxy) is 3. The van der Waals surface area contributed by atoms with Gasteiger partial charge in [0.2, 0.25) is 0 Å². The Hall–Kier alpha value is -2.80. The van der Waals surface area contributed by atoms with Crippen molar-refractivity contribution in [1.29, 1.82) is 0 Å². The fraction of sp³-hybridized carbons (Fsp3) is 0.176. The van der Waals surface area contributed by atoms with Crippen LogP contribution in [0.15, 0.2) is 42.5 Å². The highest BCUT2D eigenvalue weighted by atomic mass is 32.1. The molecule has 7 heteroatoms. The summed E-state index contributed by atoms with van der Waals surface area (Å²) < 4.78 is 16.7. The number of nitrogens with zero attached hydrogens (tertiary/aromatic N) is 1. The molecule has 24 heavy (non-hydrogen) atoms. The van der Waals surface area contributed by atoms with Gasteiger partial charge in [-0.15, -0.1) is 11.3 Å². The molecule has 3 aromatic rings. The molecule has 124 valence electrons. The first-order valence-electron chi connectivity index (χ1n) is 7.20. The van der Waals surface area contributed by atoms with Gasteiger partial charge < -0.3 is 14.2 Å². The molecule has 1 aromatic heterocycles. The maximum Gasteiger partial charge on any atom is 0.411 e. The number of hydrogen-bond acceptors (Lipinski definition) is 6. The Morgan fingerprint density at radius 3 is 2.67 bits per heavy atom. The average Bonchev–Trinajstić information content (AvgIpc) is 3.04. The minimum Gasteiger partial charge on any atom is -0.494 e. The van der Waals surface area contributed by atoms with Gasteiger partial charge in [-0.2, -0.15) is 0 Å². The summed E-state index contributed by atoms with van der Waals surface area (Å²) in [5.74, 6) is 1.45. The summed E-state index contributed by atoms with van der Waals surface area (Å²) in [6, 6.07) is 12.9. The number of fused-ring (bicyclic) bond motifs is 1. The molecule has 0 saturated heterocycles. The maximum absolute atomic E-state index is 11.1. The fourth-order valence-electron chi connectivity index (χ4n) is 2.14. The summed E-state index contributed by atoms with van der Waals surface area (Å²) >= 11 is 1.57. The Kier molecular flexibility index (Phi) is 4.81. The van der Waals surface area contributed by atoms with Crippen molar-refractivity contribution >= 4 is 33.3 Å². The van der Waals surface area contributed by atoms with Gasteiger partial charge in [-0.05, 0) is 36.4 Å². The molecule has 0 aliphatic heterocycles. The second kappa shape index (κ2) is 7.18. The topological polar surface area (TPSA) is 69.7 Å². The lowest BCUT2D eigenvalue weighted by Crippen LogP contribution is -2.10. The molecule has 1 N–H and O–H groups in total. The van der Waals surface area contributed by atoms with Crippen LogP contribution in [-0.2, 0) is 11.3 Å². The molecule has 0 spiro atoms. The van der Waals surface area contributed by atoms with Crippen molar-refractivity contribution < 1.29 is 19.0 Å². The van der Waals surface area contributed by atoms with E-state index in [1.807, 2.05) is 18.2 Å². The number of carbonyl (C=O) groups excluding carboxylic acids is 1.